The molecule has 0 bridgehead atoms. The lowest BCUT2D eigenvalue weighted by Crippen LogP contribution is -2.42. The van der Waals surface area contributed by atoms with E-state index in [1.54, 1.807) is 0 Å². The van der Waals surface area contributed by atoms with Gasteiger partial charge in [0.05, 0.1) is 34.3 Å². The number of nitrogens with one attached hydrogen (secondary N) is 2. The number of carbonyl (C=O) groups excluding carboxylic acids is 2. The summed E-state index contributed by atoms with van der Waals surface area (Å²) in [5, 5.41) is 0.346. The van der Waals surface area contributed by atoms with Crippen LogP contribution in [0, 0.1) is 5.82 Å². The highest BCUT2D eigenvalue weighted by molar-refractivity contribution is 7.89. The average molecular weight is 476 g/mol. The number of benzene rings is 2. The molecular formula is C18H16Cl2FN3O5S. The number of halogens is 3. The zero-order chi connectivity index (χ0) is 21.9. The highest BCUT2D eigenvalue weighted by atomic mass is 35.5. The van der Waals surface area contributed by atoms with Gasteiger partial charge in [-0.05, 0) is 36.4 Å². The molecule has 2 N–H and O–H groups in total. The van der Waals surface area contributed by atoms with E-state index < -0.39 is 33.2 Å². The van der Waals surface area contributed by atoms with Crippen molar-refractivity contribution in [3.05, 3.63) is 63.4 Å². The molecule has 0 unspecified atom stereocenters. The van der Waals surface area contributed by atoms with Gasteiger partial charge in [-0.25, -0.2) is 12.8 Å². The summed E-state index contributed by atoms with van der Waals surface area (Å²) in [6, 6.07) is 7.03. The number of carbonyl (C=O) groups is 2. The van der Waals surface area contributed by atoms with Gasteiger partial charge in [0.15, 0.2) is 0 Å². The highest BCUT2D eigenvalue weighted by Gasteiger charge is 2.28. The second kappa shape index (κ2) is 9.27. The number of hydrogen-bond acceptors (Lipinski definition) is 5. The Bertz CT molecular complexity index is 1090. The lowest BCUT2D eigenvalue weighted by Gasteiger charge is -2.26. The molecule has 12 heteroatoms. The van der Waals surface area contributed by atoms with Crippen LogP contribution in [0.15, 0.2) is 41.3 Å². The number of rotatable bonds is 4. The number of ether oxygens (including phenoxy) is 1. The summed E-state index contributed by atoms with van der Waals surface area (Å²) in [6.07, 6.45) is 0. The summed E-state index contributed by atoms with van der Waals surface area (Å²) >= 11 is 11.7. The maximum Gasteiger partial charge on any atom is 0.272 e. The largest absolute Gasteiger partial charge is 0.379 e. The molecule has 160 valence electrons. The lowest BCUT2D eigenvalue weighted by molar-refractivity contribution is 0.0730. The van der Waals surface area contributed by atoms with Crippen LogP contribution in [0.25, 0.3) is 0 Å². The summed E-state index contributed by atoms with van der Waals surface area (Å²) in [5.41, 5.74) is 3.56. The first-order chi connectivity index (χ1) is 14.2. The van der Waals surface area contributed by atoms with Crippen LogP contribution in [-0.2, 0) is 14.8 Å². The standard InChI is InChI=1S/C18H16Cl2FN3O5S/c19-11-1-3-15(20)13(9-11)17(25)22-23-18(26)14-10-12(2-4-16(14)21)30(27,28)24-5-7-29-8-6-24/h1-4,9-10H,5-8H2,(H,22,25)(H,23,26). The Morgan fingerprint density at radius 2 is 1.60 bits per heavy atom. The van der Waals surface area contributed by atoms with Crippen molar-refractivity contribution in [3.63, 3.8) is 0 Å². The quantitative estimate of drug-likeness (QED) is 0.659. The van der Waals surface area contributed by atoms with Crippen LogP contribution in [0.1, 0.15) is 20.7 Å². The van der Waals surface area contributed by atoms with Crippen molar-refractivity contribution in [2.45, 2.75) is 4.90 Å². The molecule has 1 saturated heterocycles. The third-order valence-corrected chi connectivity index (χ3v) is 6.71. The molecule has 3 rings (SSSR count). The van der Waals surface area contributed by atoms with Gasteiger partial charge < -0.3 is 4.74 Å². The average Bonchev–Trinajstić information content (AvgIpc) is 2.74. The van der Waals surface area contributed by atoms with Crippen molar-refractivity contribution in [3.8, 4) is 0 Å². The molecule has 0 aromatic heterocycles. The maximum absolute atomic E-state index is 14.2. The van der Waals surface area contributed by atoms with E-state index in [1.165, 1.54) is 22.5 Å². The summed E-state index contributed by atoms with van der Waals surface area (Å²) in [6.45, 7) is 0.785. The van der Waals surface area contributed by atoms with Crippen LogP contribution in [-0.4, -0.2) is 50.8 Å². The molecule has 2 amide bonds. The van der Waals surface area contributed by atoms with E-state index in [4.69, 9.17) is 27.9 Å². The van der Waals surface area contributed by atoms with E-state index in [9.17, 15) is 22.4 Å². The molecule has 0 aliphatic carbocycles. The molecule has 2 aromatic rings. The second-order valence-corrected chi connectivity index (χ2v) is 8.97. The Kier molecular flexibility index (Phi) is 6.94. The topological polar surface area (TPSA) is 105 Å². The predicted octanol–water partition coefficient (Wildman–Crippen LogP) is 2.23. The smallest absolute Gasteiger partial charge is 0.272 e. The van der Waals surface area contributed by atoms with Crippen LogP contribution in [0.4, 0.5) is 4.39 Å². The summed E-state index contributed by atoms with van der Waals surface area (Å²) in [4.78, 5) is 24.3. The van der Waals surface area contributed by atoms with Gasteiger partial charge in [-0.2, -0.15) is 4.31 Å². The summed E-state index contributed by atoms with van der Waals surface area (Å²) < 4.78 is 45.9. The fraction of sp³-hybridized carbons (Fsp3) is 0.222. The molecule has 1 aliphatic heterocycles. The number of hydrogen-bond donors (Lipinski definition) is 2. The highest BCUT2D eigenvalue weighted by Crippen LogP contribution is 2.21. The number of amides is 2. The Hall–Kier alpha value is -2.24. The lowest BCUT2D eigenvalue weighted by atomic mass is 10.2. The molecule has 0 saturated carbocycles. The van der Waals surface area contributed by atoms with E-state index in [-0.39, 0.29) is 46.8 Å². The molecule has 2 aromatic carbocycles. The first-order valence-corrected chi connectivity index (χ1v) is 10.8. The maximum atomic E-state index is 14.2. The Balaban J connectivity index is 1.77. The van der Waals surface area contributed by atoms with E-state index in [0.717, 1.165) is 18.2 Å². The van der Waals surface area contributed by atoms with Crippen LogP contribution < -0.4 is 10.9 Å². The molecule has 0 atom stereocenters. The Labute approximate surface area is 181 Å². The molecule has 1 heterocycles. The van der Waals surface area contributed by atoms with E-state index in [1.807, 2.05) is 5.43 Å². The zero-order valence-electron chi connectivity index (χ0n) is 15.3. The molecule has 30 heavy (non-hydrogen) atoms. The van der Waals surface area contributed by atoms with Gasteiger partial charge in [0.25, 0.3) is 11.8 Å². The van der Waals surface area contributed by atoms with Crippen molar-refractivity contribution >= 4 is 45.0 Å². The molecule has 1 fully saturated rings. The molecular weight excluding hydrogens is 460 g/mol. The van der Waals surface area contributed by atoms with Gasteiger partial charge in [0.2, 0.25) is 10.0 Å². The predicted molar refractivity (Wildman–Crippen MR) is 107 cm³/mol. The van der Waals surface area contributed by atoms with Gasteiger partial charge in [0, 0.05) is 18.1 Å². The van der Waals surface area contributed by atoms with Gasteiger partial charge in [-0.15, -0.1) is 0 Å². The van der Waals surface area contributed by atoms with Gasteiger partial charge >= 0.3 is 0 Å². The minimum absolute atomic E-state index is 0.00594. The Morgan fingerprint density at radius 1 is 0.967 bits per heavy atom. The van der Waals surface area contributed by atoms with E-state index in [0.29, 0.717) is 0 Å². The van der Waals surface area contributed by atoms with Gasteiger partial charge in [-0.1, -0.05) is 23.2 Å². The van der Waals surface area contributed by atoms with Crippen LogP contribution in [0.2, 0.25) is 10.0 Å². The van der Waals surface area contributed by atoms with Crippen molar-refractivity contribution in [1.82, 2.24) is 15.2 Å². The third-order valence-electron chi connectivity index (χ3n) is 4.25. The van der Waals surface area contributed by atoms with Gasteiger partial charge in [-0.3, -0.25) is 20.4 Å². The first-order valence-electron chi connectivity index (χ1n) is 8.63. The SMILES string of the molecule is O=C(NNC(=O)c1cc(Cl)ccc1Cl)c1cc(S(=O)(=O)N2CCOCC2)ccc1F. The van der Waals surface area contributed by atoms with Crippen molar-refractivity contribution in [1.29, 1.82) is 0 Å². The van der Waals surface area contributed by atoms with Crippen LogP contribution in [0.3, 0.4) is 0 Å². The van der Waals surface area contributed by atoms with E-state index in [2.05, 4.69) is 5.43 Å². The summed E-state index contributed by atoms with van der Waals surface area (Å²) in [5.74, 6) is -2.78. The van der Waals surface area contributed by atoms with Gasteiger partial charge in [0.1, 0.15) is 5.82 Å². The number of nitrogens with zero attached hydrogens (tertiary/aromatic N) is 1. The molecule has 0 spiro atoms. The molecule has 1 aliphatic rings. The number of hydrazine groups is 1. The fourth-order valence-corrected chi connectivity index (χ4v) is 4.50. The van der Waals surface area contributed by atoms with Crippen LogP contribution in [0.5, 0.6) is 0 Å². The van der Waals surface area contributed by atoms with E-state index >= 15 is 0 Å². The zero-order valence-corrected chi connectivity index (χ0v) is 17.7. The number of sulfonamides is 1. The minimum atomic E-state index is -3.93. The minimum Gasteiger partial charge on any atom is -0.379 e. The summed E-state index contributed by atoms with van der Waals surface area (Å²) in [7, 11) is -3.93. The normalized spacial score (nSPS) is 14.9. The van der Waals surface area contributed by atoms with Crippen molar-refractivity contribution in [2.24, 2.45) is 0 Å². The Morgan fingerprint density at radius 3 is 2.27 bits per heavy atom. The third kappa shape index (κ3) is 4.90. The monoisotopic (exact) mass is 475 g/mol. The fourth-order valence-electron chi connectivity index (χ4n) is 2.69. The van der Waals surface area contributed by atoms with Crippen molar-refractivity contribution in [2.75, 3.05) is 26.3 Å². The number of morpholine rings is 1. The van der Waals surface area contributed by atoms with Crippen LogP contribution >= 0.6 is 23.2 Å². The first kappa shape index (κ1) is 22.4. The second-order valence-electron chi connectivity index (χ2n) is 6.19. The molecule has 8 nitrogen and oxygen atoms in total. The molecule has 0 radical (unpaired) electrons. The van der Waals surface area contributed by atoms with Crippen molar-refractivity contribution < 1.29 is 27.1 Å².